The number of piperidine rings is 1. The van der Waals surface area contributed by atoms with Crippen LogP contribution in [-0.2, 0) is 10.0 Å². The molecule has 1 aliphatic rings. The van der Waals surface area contributed by atoms with E-state index < -0.39 is 10.0 Å². The maximum atomic E-state index is 12.8. The second-order valence-corrected chi connectivity index (χ2v) is 7.81. The minimum atomic E-state index is -3.21. The summed E-state index contributed by atoms with van der Waals surface area (Å²) in [5.74, 6) is 0.580. The van der Waals surface area contributed by atoms with Gasteiger partial charge in [-0.25, -0.2) is 13.1 Å². The zero-order valence-electron chi connectivity index (χ0n) is 13.9. The van der Waals surface area contributed by atoms with Crippen molar-refractivity contribution in [3.63, 3.8) is 0 Å². The van der Waals surface area contributed by atoms with Crippen LogP contribution in [0.3, 0.4) is 0 Å². The van der Waals surface area contributed by atoms with Gasteiger partial charge in [0.15, 0.2) is 0 Å². The minimum Gasteiger partial charge on any atom is -0.489 e. The first-order valence-electron chi connectivity index (χ1n) is 7.97. The van der Waals surface area contributed by atoms with Gasteiger partial charge < -0.3 is 9.64 Å². The molecule has 1 aromatic rings. The van der Waals surface area contributed by atoms with E-state index in [-0.39, 0.29) is 11.8 Å². The molecule has 0 aromatic heterocycles. The molecule has 1 fully saturated rings. The lowest BCUT2D eigenvalue weighted by Crippen LogP contribution is -2.43. The molecular formula is C17H24N2O4S. The molecule has 1 heterocycles. The number of nitrogens with one attached hydrogen (secondary N) is 1. The van der Waals surface area contributed by atoms with Crippen LogP contribution in [-0.4, -0.2) is 51.7 Å². The molecule has 1 N–H and O–H groups in total. The Balaban J connectivity index is 2.05. The third kappa shape index (κ3) is 5.35. The van der Waals surface area contributed by atoms with Crippen LogP contribution in [0.4, 0.5) is 0 Å². The maximum absolute atomic E-state index is 12.8. The SMILES string of the molecule is C=CCOc1ccccc1C(=O)N1CCC[C@@H](CNS(C)(=O)=O)C1. The average Bonchev–Trinajstić information content (AvgIpc) is 2.57. The number of ether oxygens (including phenoxy) is 1. The summed E-state index contributed by atoms with van der Waals surface area (Å²) in [6, 6.07) is 7.15. The van der Waals surface area contributed by atoms with Gasteiger partial charge in [0.2, 0.25) is 10.0 Å². The average molecular weight is 352 g/mol. The van der Waals surface area contributed by atoms with E-state index in [4.69, 9.17) is 4.74 Å². The number of amides is 1. The normalized spacial score (nSPS) is 18.2. The van der Waals surface area contributed by atoms with Gasteiger partial charge in [0, 0.05) is 19.6 Å². The van der Waals surface area contributed by atoms with E-state index in [1.54, 1.807) is 29.2 Å². The zero-order chi connectivity index (χ0) is 17.6. The molecule has 1 atom stereocenters. The van der Waals surface area contributed by atoms with Gasteiger partial charge in [-0.05, 0) is 30.9 Å². The summed E-state index contributed by atoms with van der Waals surface area (Å²) >= 11 is 0. The van der Waals surface area contributed by atoms with Crippen LogP contribution in [0, 0.1) is 5.92 Å². The molecule has 6 nitrogen and oxygen atoms in total. The monoisotopic (exact) mass is 352 g/mol. The van der Waals surface area contributed by atoms with E-state index in [0.29, 0.717) is 37.6 Å². The molecule has 0 bridgehead atoms. The second kappa shape index (κ2) is 8.30. The Morgan fingerprint density at radius 1 is 1.46 bits per heavy atom. The lowest BCUT2D eigenvalue weighted by atomic mass is 9.97. The first-order chi connectivity index (χ1) is 11.4. The molecule has 1 aromatic carbocycles. The zero-order valence-corrected chi connectivity index (χ0v) is 14.7. The molecule has 132 valence electrons. The molecule has 2 rings (SSSR count). The summed E-state index contributed by atoms with van der Waals surface area (Å²) < 4.78 is 30.6. The Morgan fingerprint density at radius 3 is 2.92 bits per heavy atom. The fourth-order valence-electron chi connectivity index (χ4n) is 2.77. The number of benzene rings is 1. The number of hydrogen-bond acceptors (Lipinski definition) is 4. The number of sulfonamides is 1. The molecular weight excluding hydrogens is 328 g/mol. The van der Waals surface area contributed by atoms with Crippen molar-refractivity contribution in [3.05, 3.63) is 42.5 Å². The third-order valence-electron chi connectivity index (χ3n) is 3.91. The number of likely N-dealkylation sites (tertiary alicyclic amines) is 1. The Labute approximate surface area is 143 Å². The van der Waals surface area contributed by atoms with E-state index in [0.717, 1.165) is 19.1 Å². The van der Waals surface area contributed by atoms with Crippen molar-refractivity contribution < 1.29 is 17.9 Å². The van der Waals surface area contributed by atoms with Crippen molar-refractivity contribution in [1.29, 1.82) is 0 Å². The van der Waals surface area contributed by atoms with Crippen molar-refractivity contribution in [2.75, 3.05) is 32.5 Å². The smallest absolute Gasteiger partial charge is 0.257 e. The third-order valence-corrected chi connectivity index (χ3v) is 4.61. The number of carbonyl (C=O) groups excluding carboxylic acids is 1. The second-order valence-electron chi connectivity index (χ2n) is 5.98. The number of rotatable bonds is 7. The topological polar surface area (TPSA) is 75.7 Å². The van der Waals surface area contributed by atoms with Gasteiger partial charge in [-0.3, -0.25) is 4.79 Å². The molecule has 1 aliphatic heterocycles. The first-order valence-corrected chi connectivity index (χ1v) is 9.86. The molecule has 24 heavy (non-hydrogen) atoms. The highest BCUT2D eigenvalue weighted by atomic mass is 32.2. The Bertz CT molecular complexity index is 688. The lowest BCUT2D eigenvalue weighted by molar-refractivity contribution is 0.0672. The fourth-order valence-corrected chi connectivity index (χ4v) is 3.31. The van der Waals surface area contributed by atoms with Crippen molar-refractivity contribution in [2.24, 2.45) is 5.92 Å². The van der Waals surface area contributed by atoms with Crippen LogP contribution in [0.25, 0.3) is 0 Å². The summed E-state index contributed by atoms with van der Waals surface area (Å²) in [7, 11) is -3.21. The first kappa shape index (κ1) is 18.5. The standard InChI is InChI=1S/C17H24N2O4S/c1-3-11-23-16-9-5-4-8-15(16)17(20)19-10-6-7-14(13-19)12-18-24(2,21)22/h3-5,8-9,14,18H,1,6-7,10-13H2,2H3/t14-/m0/s1. The van der Waals surface area contributed by atoms with Crippen LogP contribution in [0.1, 0.15) is 23.2 Å². The van der Waals surface area contributed by atoms with Gasteiger partial charge in [-0.1, -0.05) is 24.8 Å². The van der Waals surface area contributed by atoms with Gasteiger partial charge in [-0.15, -0.1) is 0 Å². The number of hydrogen-bond donors (Lipinski definition) is 1. The van der Waals surface area contributed by atoms with Crippen molar-refractivity contribution in [1.82, 2.24) is 9.62 Å². The summed E-state index contributed by atoms with van der Waals surface area (Å²) in [5, 5.41) is 0. The molecule has 0 aliphatic carbocycles. The van der Waals surface area contributed by atoms with E-state index >= 15 is 0 Å². The molecule has 0 spiro atoms. The Kier molecular flexibility index (Phi) is 6.39. The summed E-state index contributed by atoms with van der Waals surface area (Å²) in [6.45, 7) is 5.52. The Hall–Kier alpha value is -1.86. The van der Waals surface area contributed by atoms with Gasteiger partial charge in [0.05, 0.1) is 11.8 Å². The van der Waals surface area contributed by atoms with E-state index in [1.807, 2.05) is 6.07 Å². The number of carbonyl (C=O) groups is 1. The summed E-state index contributed by atoms with van der Waals surface area (Å²) in [6.07, 6.45) is 4.54. The molecule has 0 unspecified atom stereocenters. The van der Waals surface area contributed by atoms with E-state index in [9.17, 15) is 13.2 Å². The van der Waals surface area contributed by atoms with Crippen LogP contribution >= 0.6 is 0 Å². The lowest BCUT2D eigenvalue weighted by Gasteiger charge is -2.33. The van der Waals surface area contributed by atoms with E-state index in [1.165, 1.54) is 0 Å². The summed E-state index contributed by atoms with van der Waals surface area (Å²) in [5.41, 5.74) is 0.524. The van der Waals surface area contributed by atoms with Crippen molar-refractivity contribution >= 4 is 15.9 Å². The molecule has 1 amide bonds. The Morgan fingerprint density at radius 2 is 2.21 bits per heavy atom. The summed E-state index contributed by atoms with van der Waals surface area (Å²) in [4.78, 5) is 14.6. The highest BCUT2D eigenvalue weighted by Gasteiger charge is 2.26. The molecule has 7 heteroatoms. The van der Waals surface area contributed by atoms with Gasteiger partial charge >= 0.3 is 0 Å². The minimum absolute atomic E-state index is 0.0845. The van der Waals surface area contributed by atoms with E-state index in [2.05, 4.69) is 11.3 Å². The van der Waals surface area contributed by atoms with Crippen molar-refractivity contribution in [3.8, 4) is 5.75 Å². The fraction of sp³-hybridized carbons (Fsp3) is 0.471. The van der Waals surface area contributed by atoms with Gasteiger partial charge in [-0.2, -0.15) is 0 Å². The van der Waals surface area contributed by atoms with Crippen LogP contribution in [0.2, 0.25) is 0 Å². The predicted molar refractivity (Wildman–Crippen MR) is 93.6 cm³/mol. The van der Waals surface area contributed by atoms with Crippen LogP contribution in [0.5, 0.6) is 5.75 Å². The quantitative estimate of drug-likeness (QED) is 0.757. The predicted octanol–water partition coefficient (Wildman–Crippen LogP) is 1.65. The number of nitrogens with zero attached hydrogens (tertiary/aromatic N) is 1. The van der Waals surface area contributed by atoms with Crippen molar-refractivity contribution in [2.45, 2.75) is 12.8 Å². The van der Waals surface area contributed by atoms with Crippen LogP contribution < -0.4 is 9.46 Å². The van der Waals surface area contributed by atoms with Gasteiger partial charge in [0.1, 0.15) is 12.4 Å². The molecule has 0 saturated carbocycles. The molecule has 0 radical (unpaired) electrons. The van der Waals surface area contributed by atoms with Crippen LogP contribution in [0.15, 0.2) is 36.9 Å². The highest BCUT2D eigenvalue weighted by Crippen LogP contribution is 2.23. The maximum Gasteiger partial charge on any atom is 0.257 e. The largest absolute Gasteiger partial charge is 0.489 e. The van der Waals surface area contributed by atoms with Gasteiger partial charge in [0.25, 0.3) is 5.91 Å². The molecule has 1 saturated heterocycles. The highest BCUT2D eigenvalue weighted by molar-refractivity contribution is 7.88. The number of para-hydroxylation sites is 1.